The van der Waals surface area contributed by atoms with Gasteiger partial charge in [-0.3, -0.25) is 9.69 Å². The highest BCUT2D eigenvalue weighted by molar-refractivity contribution is 5.79. The quantitative estimate of drug-likeness (QED) is 0.860. The highest BCUT2D eigenvalue weighted by Crippen LogP contribution is 2.20. The highest BCUT2D eigenvalue weighted by Gasteiger charge is 2.29. The molecule has 3 amide bonds. The van der Waals surface area contributed by atoms with Crippen LogP contribution < -0.4 is 5.32 Å². The van der Waals surface area contributed by atoms with E-state index in [1.54, 1.807) is 19.0 Å². The smallest absolute Gasteiger partial charge is 0.319 e. The first-order chi connectivity index (χ1) is 13.0. The standard InChI is InChI=1S/C21H32N4O2/c1-23(2)21(27)25-12-9-19(10-13-25)20(26)22-14-18-8-11-24(16-18)15-17-6-4-3-5-7-17/h3-7,18-19H,8-16H2,1-2H3,(H,22,26). The van der Waals surface area contributed by atoms with Gasteiger partial charge >= 0.3 is 6.03 Å². The van der Waals surface area contributed by atoms with Crippen LogP contribution in [0.3, 0.4) is 0 Å². The number of urea groups is 1. The lowest BCUT2D eigenvalue weighted by molar-refractivity contribution is -0.126. The SMILES string of the molecule is CN(C)C(=O)N1CCC(C(=O)NCC2CCN(Cc3ccccc3)C2)CC1. The molecule has 2 aliphatic heterocycles. The van der Waals surface area contributed by atoms with Crippen molar-refractivity contribution < 1.29 is 9.59 Å². The third kappa shape index (κ3) is 5.45. The molecule has 2 saturated heterocycles. The molecule has 1 atom stereocenters. The molecule has 6 heteroatoms. The first-order valence-electron chi connectivity index (χ1n) is 10.0. The Morgan fingerprint density at radius 1 is 1.07 bits per heavy atom. The van der Waals surface area contributed by atoms with Gasteiger partial charge in [0, 0.05) is 52.7 Å². The van der Waals surface area contributed by atoms with Gasteiger partial charge in [0.1, 0.15) is 0 Å². The van der Waals surface area contributed by atoms with E-state index in [0.29, 0.717) is 19.0 Å². The number of benzene rings is 1. The Labute approximate surface area is 162 Å². The summed E-state index contributed by atoms with van der Waals surface area (Å²) >= 11 is 0. The molecule has 0 aromatic heterocycles. The molecule has 1 aromatic rings. The van der Waals surface area contributed by atoms with E-state index in [-0.39, 0.29) is 17.9 Å². The van der Waals surface area contributed by atoms with Gasteiger partial charge in [-0.25, -0.2) is 4.79 Å². The van der Waals surface area contributed by atoms with E-state index in [2.05, 4.69) is 34.5 Å². The van der Waals surface area contributed by atoms with E-state index in [0.717, 1.165) is 45.4 Å². The number of carbonyl (C=O) groups excluding carboxylic acids is 2. The molecule has 2 aliphatic rings. The largest absolute Gasteiger partial charge is 0.356 e. The van der Waals surface area contributed by atoms with E-state index in [1.165, 1.54) is 5.56 Å². The van der Waals surface area contributed by atoms with Gasteiger partial charge in [-0.2, -0.15) is 0 Å². The van der Waals surface area contributed by atoms with Gasteiger partial charge in [-0.15, -0.1) is 0 Å². The van der Waals surface area contributed by atoms with Crippen LogP contribution in [0.25, 0.3) is 0 Å². The van der Waals surface area contributed by atoms with Crippen LogP contribution in [0.1, 0.15) is 24.8 Å². The molecule has 27 heavy (non-hydrogen) atoms. The Morgan fingerprint density at radius 3 is 2.44 bits per heavy atom. The van der Waals surface area contributed by atoms with Crippen molar-refractivity contribution in [2.45, 2.75) is 25.8 Å². The van der Waals surface area contributed by atoms with Gasteiger partial charge in [0.15, 0.2) is 0 Å². The van der Waals surface area contributed by atoms with E-state index < -0.39 is 0 Å². The van der Waals surface area contributed by atoms with Crippen LogP contribution in [0.4, 0.5) is 4.79 Å². The molecule has 0 aliphatic carbocycles. The lowest BCUT2D eigenvalue weighted by atomic mass is 9.95. The molecule has 1 N–H and O–H groups in total. The van der Waals surface area contributed by atoms with E-state index >= 15 is 0 Å². The second-order valence-corrected chi connectivity index (χ2v) is 8.06. The van der Waals surface area contributed by atoms with Crippen molar-refractivity contribution in [2.24, 2.45) is 11.8 Å². The normalized spacial score (nSPS) is 21.3. The highest BCUT2D eigenvalue weighted by atomic mass is 16.2. The van der Waals surface area contributed by atoms with Gasteiger partial charge < -0.3 is 15.1 Å². The lowest BCUT2D eigenvalue weighted by Crippen LogP contribution is -2.46. The Kier molecular flexibility index (Phi) is 6.72. The van der Waals surface area contributed by atoms with Crippen molar-refractivity contribution in [3.8, 4) is 0 Å². The molecule has 0 spiro atoms. The molecule has 148 valence electrons. The monoisotopic (exact) mass is 372 g/mol. The summed E-state index contributed by atoms with van der Waals surface area (Å²) in [7, 11) is 3.54. The summed E-state index contributed by atoms with van der Waals surface area (Å²) in [6.45, 7) is 5.24. The summed E-state index contributed by atoms with van der Waals surface area (Å²) in [6.07, 6.45) is 2.66. The van der Waals surface area contributed by atoms with Crippen molar-refractivity contribution in [3.05, 3.63) is 35.9 Å². The van der Waals surface area contributed by atoms with Crippen LogP contribution in [0, 0.1) is 11.8 Å². The summed E-state index contributed by atoms with van der Waals surface area (Å²) in [5, 5.41) is 3.17. The number of nitrogens with zero attached hydrogens (tertiary/aromatic N) is 3. The van der Waals surface area contributed by atoms with Crippen molar-refractivity contribution in [1.82, 2.24) is 20.0 Å². The lowest BCUT2D eigenvalue weighted by Gasteiger charge is -2.33. The fraction of sp³-hybridized carbons (Fsp3) is 0.619. The number of amides is 3. The maximum absolute atomic E-state index is 12.5. The fourth-order valence-corrected chi connectivity index (χ4v) is 4.07. The summed E-state index contributed by atoms with van der Waals surface area (Å²) < 4.78 is 0. The Balaban J connectivity index is 1.36. The second-order valence-electron chi connectivity index (χ2n) is 8.06. The molecule has 0 saturated carbocycles. The van der Waals surface area contributed by atoms with Gasteiger partial charge in [0.2, 0.25) is 5.91 Å². The Bertz CT molecular complexity index is 626. The molecule has 0 bridgehead atoms. The zero-order valence-corrected chi connectivity index (χ0v) is 16.6. The van der Waals surface area contributed by atoms with Gasteiger partial charge in [0.25, 0.3) is 0 Å². The number of nitrogens with one attached hydrogen (secondary N) is 1. The second kappa shape index (κ2) is 9.22. The van der Waals surface area contributed by atoms with Gasteiger partial charge in [0.05, 0.1) is 0 Å². The summed E-state index contributed by atoms with van der Waals surface area (Å²) in [6, 6.07) is 10.6. The van der Waals surface area contributed by atoms with E-state index in [1.807, 2.05) is 11.0 Å². The van der Waals surface area contributed by atoms with Crippen molar-refractivity contribution in [1.29, 1.82) is 0 Å². The molecule has 3 rings (SSSR count). The maximum atomic E-state index is 12.5. The predicted molar refractivity (Wildman–Crippen MR) is 106 cm³/mol. The zero-order valence-electron chi connectivity index (χ0n) is 16.6. The van der Waals surface area contributed by atoms with Crippen molar-refractivity contribution >= 4 is 11.9 Å². The number of hydrogen-bond donors (Lipinski definition) is 1. The number of likely N-dealkylation sites (tertiary alicyclic amines) is 2. The third-order valence-electron chi connectivity index (χ3n) is 5.70. The molecule has 0 radical (unpaired) electrons. The molecular weight excluding hydrogens is 340 g/mol. The van der Waals surface area contributed by atoms with E-state index in [4.69, 9.17) is 0 Å². The number of rotatable bonds is 5. The van der Waals surface area contributed by atoms with Gasteiger partial charge in [-0.05, 0) is 37.3 Å². The summed E-state index contributed by atoms with van der Waals surface area (Å²) in [4.78, 5) is 30.4. The maximum Gasteiger partial charge on any atom is 0.319 e. The third-order valence-corrected chi connectivity index (χ3v) is 5.70. The number of hydrogen-bond acceptors (Lipinski definition) is 3. The first kappa shape index (κ1) is 19.7. The van der Waals surface area contributed by atoms with Gasteiger partial charge in [-0.1, -0.05) is 30.3 Å². The van der Waals surface area contributed by atoms with Crippen molar-refractivity contribution in [3.63, 3.8) is 0 Å². The molecular formula is C21H32N4O2. The van der Waals surface area contributed by atoms with Crippen LogP contribution in [-0.4, -0.2) is 73.5 Å². The van der Waals surface area contributed by atoms with Crippen LogP contribution in [-0.2, 0) is 11.3 Å². The van der Waals surface area contributed by atoms with Crippen LogP contribution in [0.15, 0.2) is 30.3 Å². The van der Waals surface area contributed by atoms with Crippen LogP contribution >= 0.6 is 0 Å². The van der Waals surface area contributed by atoms with Crippen LogP contribution in [0.2, 0.25) is 0 Å². The average molecular weight is 373 g/mol. The minimum absolute atomic E-state index is 0.0398. The summed E-state index contributed by atoms with van der Waals surface area (Å²) in [5.41, 5.74) is 1.35. The molecule has 1 unspecified atom stereocenters. The Hall–Kier alpha value is -2.08. The van der Waals surface area contributed by atoms with E-state index in [9.17, 15) is 9.59 Å². The molecule has 1 aromatic carbocycles. The zero-order chi connectivity index (χ0) is 19.2. The molecule has 6 nitrogen and oxygen atoms in total. The topological polar surface area (TPSA) is 55.9 Å². The molecule has 2 fully saturated rings. The number of piperidine rings is 1. The van der Waals surface area contributed by atoms with Crippen molar-refractivity contribution in [2.75, 3.05) is 46.8 Å². The predicted octanol–water partition coefficient (Wildman–Crippen LogP) is 2.02. The first-order valence-corrected chi connectivity index (χ1v) is 10.0. The van der Waals surface area contributed by atoms with Crippen LogP contribution in [0.5, 0.6) is 0 Å². The minimum atomic E-state index is 0.0398. The minimum Gasteiger partial charge on any atom is -0.356 e. The fourth-order valence-electron chi connectivity index (χ4n) is 4.07. The Morgan fingerprint density at radius 2 is 1.78 bits per heavy atom. The summed E-state index contributed by atoms with van der Waals surface area (Å²) in [5.74, 6) is 0.736. The molecule has 2 heterocycles. The number of carbonyl (C=O) groups is 2. The average Bonchev–Trinajstić information content (AvgIpc) is 3.13.